The lowest BCUT2D eigenvalue weighted by Crippen LogP contribution is -2.06. The van der Waals surface area contributed by atoms with Crippen molar-refractivity contribution in [1.29, 1.82) is 0 Å². The Morgan fingerprint density at radius 2 is 2.22 bits per heavy atom. The fourth-order valence-electron chi connectivity index (χ4n) is 1.73. The lowest BCUT2D eigenvalue weighted by Gasteiger charge is -2.04. The number of carbonyl (C=O) groups is 1. The van der Waals surface area contributed by atoms with Crippen LogP contribution < -0.4 is 0 Å². The molecule has 0 bridgehead atoms. The molecule has 94 valence electrons. The van der Waals surface area contributed by atoms with Gasteiger partial charge in [0.15, 0.2) is 5.78 Å². The third-order valence-corrected chi connectivity index (χ3v) is 3.81. The van der Waals surface area contributed by atoms with Crippen LogP contribution in [0.4, 0.5) is 4.39 Å². The molecule has 0 spiro atoms. The monoisotopic (exact) mass is 310 g/mol. The number of Topliss-reactive ketones (excluding diaryl/α,β-unsaturated/α-hetero) is 1. The Hall–Kier alpha value is -1.49. The van der Waals surface area contributed by atoms with Gasteiger partial charge in [0.2, 0.25) is 0 Å². The second kappa shape index (κ2) is 5.02. The lowest BCUT2D eigenvalue weighted by atomic mass is 10.0. The fraction of sp³-hybridized carbons (Fsp3) is 0.231. The molecule has 0 aliphatic carbocycles. The zero-order valence-electron chi connectivity index (χ0n) is 10.1. The minimum absolute atomic E-state index is 0.0631. The Morgan fingerprint density at radius 1 is 1.50 bits per heavy atom. The van der Waals surface area contributed by atoms with E-state index in [1.807, 2.05) is 6.92 Å². The zero-order chi connectivity index (χ0) is 13.3. The van der Waals surface area contributed by atoms with Crippen LogP contribution >= 0.6 is 15.9 Å². The van der Waals surface area contributed by atoms with Gasteiger partial charge >= 0.3 is 0 Å². The second-order valence-corrected chi connectivity index (χ2v) is 4.87. The van der Waals surface area contributed by atoms with E-state index in [2.05, 4.69) is 21.0 Å². The molecule has 0 aliphatic heterocycles. The molecule has 0 saturated carbocycles. The van der Waals surface area contributed by atoms with Gasteiger partial charge in [-0.15, -0.1) is 0 Å². The van der Waals surface area contributed by atoms with E-state index in [1.165, 1.54) is 6.07 Å². The Bertz CT molecular complexity index is 607. The molecule has 0 amide bonds. The maximum absolute atomic E-state index is 13.3. The largest absolute Gasteiger partial charge is 0.294 e. The van der Waals surface area contributed by atoms with E-state index in [9.17, 15) is 9.18 Å². The summed E-state index contributed by atoms with van der Waals surface area (Å²) in [4.78, 5) is 12.1. The molecule has 1 heterocycles. The summed E-state index contributed by atoms with van der Waals surface area (Å²) >= 11 is 3.16. The van der Waals surface area contributed by atoms with Crippen molar-refractivity contribution in [3.05, 3.63) is 51.5 Å². The van der Waals surface area contributed by atoms with Crippen LogP contribution in [0.1, 0.15) is 21.6 Å². The van der Waals surface area contributed by atoms with Crippen LogP contribution in [-0.2, 0) is 13.5 Å². The first-order valence-electron chi connectivity index (χ1n) is 5.45. The summed E-state index contributed by atoms with van der Waals surface area (Å²) in [5, 5.41) is 4.03. The van der Waals surface area contributed by atoms with E-state index in [-0.39, 0.29) is 18.0 Å². The standard InChI is InChI=1S/C13H12BrFN2O/c1-8-10(7-16-17(8)2)12(18)6-9-4-3-5-11(15)13(9)14/h3-5,7H,6H2,1-2H3. The minimum Gasteiger partial charge on any atom is -0.294 e. The fourth-order valence-corrected chi connectivity index (χ4v) is 2.13. The summed E-state index contributed by atoms with van der Waals surface area (Å²) in [5.41, 5.74) is 2.03. The zero-order valence-corrected chi connectivity index (χ0v) is 11.7. The van der Waals surface area contributed by atoms with Crippen LogP contribution in [0.5, 0.6) is 0 Å². The molecule has 0 saturated heterocycles. The van der Waals surface area contributed by atoms with Crippen molar-refractivity contribution in [3.63, 3.8) is 0 Å². The molecule has 0 atom stereocenters. The van der Waals surface area contributed by atoms with E-state index in [1.54, 1.807) is 30.1 Å². The van der Waals surface area contributed by atoms with Crippen LogP contribution in [0.2, 0.25) is 0 Å². The van der Waals surface area contributed by atoms with Gasteiger partial charge in [0, 0.05) is 19.2 Å². The number of hydrogen-bond donors (Lipinski definition) is 0. The van der Waals surface area contributed by atoms with Crippen LogP contribution in [0.15, 0.2) is 28.9 Å². The summed E-state index contributed by atoms with van der Waals surface area (Å²) in [6.45, 7) is 1.83. The number of hydrogen-bond acceptors (Lipinski definition) is 2. The Morgan fingerprint density at radius 3 is 2.83 bits per heavy atom. The number of halogens is 2. The topological polar surface area (TPSA) is 34.9 Å². The number of benzene rings is 1. The molecule has 0 radical (unpaired) electrons. The molecule has 1 aromatic heterocycles. The number of rotatable bonds is 3. The highest BCUT2D eigenvalue weighted by molar-refractivity contribution is 9.10. The summed E-state index contributed by atoms with van der Waals surface area (Å²) < 4.78 is 15.3. The third-order valence-electron chi connectivity index (χ3n) is 2.92. The molecule has 0 N–H and O–H groups in total. The predicted molar refractivity (Wildman–Crippen MR) is 70.1 cm³/mol. The van der Waals surface area contributed by atoms with Crippen molar-refractivity contribution < 1.29 is 9.18 Å². The minimum atomic E-state index is -0.358. The molecule has 5 heteroatoms. The Balaban J connectivity index is 2.27. The first-order valence-corrected chi connectivity index (χ1v) is 6.24. The molecule has 0 fully saturated rings. The molecular weight excluding hydrogens is 299 g/mol. The Labute approximate surface area is 113 Å². The van der Waals surface area contributed by atoms with Crippen molar-refractivity contribution in [1.82, 2.24) is 9.78 Å². The number of aromatic nitrogens is 2. The third kappa shape index (κ3) is 2.36. The molecular formula is C13H12BrFN2O. The molecule has 0 aliphatic rings. The molecule has 18 heavy (non-hydrogen) atoms. The van der Waals surface area contributed by atoms with Gasteiger partial charge in [0.1, 0.15) is 5.82 Å². The van der Waals surface area contributed by atoms with Gasteiger partial charge < -0.3 is 0 Å². The van der Waals surface area contributed by atoms with Crippen molar-refractivity contribution in [2.75, 3.05) is 0 Å². The number of carbonyl (C=O) groups excluding carboxylic acids is 1. The van der Waals surface area contributed by atoms with Gasteiger partial charge in [-0.3, -0.25) is 9.48 Å². The van der Waals surface area contributed by atoms with E-state index < -0.39 is 0 Å². The summed E-state index contributed by atoms with van der Waals surface area (Å²) in [5.74, 6) is -0.421. The van der Waals surface area contributed by atoms with Crippen LogP contribution in [0.3, 0.4) is 0 Å². The quantitative estimate of drug-likeness (QED) is 0.817. The molecule has 0 unspecified atom stereocenters. The second-order valence-electron chi connectivity index (χ2n) is 4.08. The van der Waals surface area contributed by atoms with Gasteiger partial charge in [-0.1, -0.05) is 12.1 Å². The van der Waals surface area contributed by atoms with E-state index in [0.717, 1.165) is 5.69 Å². The van der Waals surface area contributed by atoms with E-state index >= 15 is 0 Å². The average molecular weight is 311 g/mol. The van der Waals surface area contributed by atoms with Gasteiger partial charge in [-0.25, -0.2) is 4.39 Å². The maximum Gasteiger partial charge on any atom is 0.170 e. The van der Waals surface area contributed by atoms with E-state index in [4.69, 9.17) is 0 Å². The first kappa shape index (κ1) is 13.0. The van der Waals surface area contributed by atoms with Crippen molar-refractivity contribution >= 4 is 21.7 Å². The van der Waals surface area contributed by atoms with Gasteiger partial charge in [-0.05, 0) is 34.5 Å². The van der Waals surface area contributed by atoms with Gasteiger partial charge in [-0.2, -0.15) is 5.10 Å². The SMILES string of the molecule is Cc1c(C(=O)Cc2cccc(F)c2Br)cnn1C. The van der Waals surface area contributed by atoms with E-state index in [0.29, 0.717) is 15.6 Å². The van der Waals surface area contributed by atoms with Crippen molar-refractivity contribution in [3.8, 4) is 0 Å². The Kier molecular flexibility index (Phi) is 3.61. The highest BCUT2D eigenvalue weighted by Gasteiger charge is 2.15. The first-order chi connectivity index (χ1) is 8.50. The van der Waals surface area contributed by atoms with Crippen molar-refractivity contribution in [2.24, 2.45) is 7.05 Å². The van der Waals surface area contributed by atoms with Crippen LogP contribution in [-0.4, -0.2) is 15.6 Å². The molecule has 3 nitrogen and oxygen atoms in total. The van der Waals surface area contributed by atoms with Crippen LogP contribution in [0.25, 0.3) is 0 Å². The predicted octanol–water partition coefficient (Wildman–Crippen LogP) is 3.06. The highest BCUT2D eigenvalue weighted by Crippen LogP contribution is 2.22. The van der Waals surface area contributed by atoms with Gasteiger partial charge in [0.05, 0.1) is 16.2 Å². The lowest BCUT2D eigenvalue weighted by molar-refractivity contribution is 0.0992. The normalized spacial score (nSPS) is 10.7. The summed E-state index contributed by atoms with van der Waals surface area (Å²) in [6, 6.07) is 4.68. The molecule has 2 rings (SSSR count). The van der Waals surface area contributed by atoms with Crippen molar-refractivity contribution in [2.45, 2.75) is 13.3 Å². The highest BCUT2D eigenvalue weighted by atomic mass is 79.9. The average Bonchev–Trinajstić information content (AvgIpc) is 2.66. The molecule has 2 aromatic rings. The van der Waals surface area contributed by atoms with Gasteiger partial charge in [0.25, 0.3) is 0 Å². The number of nitrogens with zero attached hydrogens (tertiary/aromatic N) is 2. The molecule has 1 aromatic carbocycles. The number of ketones is 1. The smallest absolute Gasteiger partial charge is 0.170 e. The number of aryl methyl sites for hydroxylation is 1. The summed E-state index contributed by atoms with van der Waals surface area (Å²) in [7, 11) is 1.78. The van der Waals surface area contributed by atoms with Crippen LogP contribution in [0, 0.1) is 12.7 Å². The summed E-state index contributed by atoms with van der Waals surface area (Å²) in [6.07, 6.45) is 1.70. The maximum atomic E-state index is 13.3.